The van der Waals surface area contributed by atoms with E-state index in [0.29, 0.717) is 5.65 Å². The quantitative estimate of drug-likeness (QED) is 0.105. The maximum Gasteiger partial charge on any atom is 0.179 e. The Kier molecular flexibility index (Phi) is 10.1. The lowest BCUT2D eigenvalue weighted by molar-refractivity contribution is -0.188. The van der Waals surface area contributed by atoms with E-state index in [-0.39, 0.29) is 14.9 Å². The highest BCUT2D eigenvalue weighted by atomic mass is 79.9. The van der Waals surface area contributed by atoms with Crippen molar-refractivity contribution in [2.75, 3.05) is 0 Å². The fourth-order valence-corrected chi connectivity index (χ4v) is 5.06. The van der Waals surface area contributed by atoms with Crippen LogP contribution in [0, 0.1) is 0 Å². The number of aromatic amines is 1. The number of aromatic nitrogens is 4. The third kappa shape index (κ3) is 6.76. The molecule has 210 valence electrons. The minimum Gasteiger partial charge on any atom is -0.472 e. The summed E-state index contributed by atoms with van der Waals surface area (Å²) in [6, 6.07) is 17.5. The van der Waals surface area contributed by atoms with Gasteiger partial charge in [0.15, 0.2) is 5.65 Å². The van der Waals surface area contributed by atoms with Crippen molar-refractivity contribution < 1.29 is 18.2 Å². The van der Waals surface area contributed by atoms with Crippen LogP contribution in [0.3, 0.4) is 0 Å². The molecule has 7 rings (SSSR count). The molecule has 8 nitrogen and oxygen atoms in total. The van der Waals surface area contributed by atoms with Gasteiger partial charge in [-0.2, -0.15) is 0 Å². The number of rotatable bonds is 6. The van der Waals surface area contributed by atoms with Crippen LogP contribution in [0.2, 0.25) is 0 Å². The number of halogens is 2. The predicted octanol–water partition coefficient (Wildman–Crippen LogP) is 9.98. The van der Waals surface area contributed by atoms with Crippen molar-refractivity contribution >= 4 is 66.0 Å². The molecule has 41 heavy (non-hydrogen) atoms. The van der Waals surface area contributed by atoms with Gasteiger partial charge in [-0.3, -0.25) is 0 Å². The molecule has 0 unspecified atom stereocenters. The van der Waals surface area contributed by atoms with E-state index in [4.69, 9.17) is 18.2 Å². The van der Waals surface area contributed by atoms with Gasteiger partial charge in [-0.1, -0.05) is 37.4 Å². The summed E-state index contributed by atoms with van der Waals surface area (Å²) in [7, 11) is 0. The monoisotopic (exact) mass is 696 g/mol. The Morgan fingerprint density at radius 2 is 1.46 bits per heavy atom. The normalized spacial score (nSPS) is 10.5. The molecule has 0 amide bonds. The summed E-state index contributed by atoms with van der Waals surface area (Å²) >= 11 is 8.00. The van der Waals surface area contributed by atoms with Crippen LogP contribution in [0.15, 0.2) is 127 Å². The number of hydrogen-bond donors (Lipinski definition) is 1. The van der Waals surface area contributed by atoms with Gasteiger partial charge >= 0.3 is 0 Å². The minimum atomic E-state index is 0. The van der Waals surface area contributed by atoms with Crippen molar-refractivity contribution in [3.05, 3.63) is 113 Å². The van der Waals surface area contributed by atoms with E-state index in [9.17, 15) is 0 Å². The van der Waals surface area contributed by atoms with E-state index < -0.39 is 0 Å². The predicted molar refractivity (Wildman–Crippen MR) is 170 cm³/mol. The lowest BCUT2D eigenvalue weighted by Gasteiger charge is -2.04. The van der Waals surface area contributed by atoms with Gasteiger partial charge < -0.3 is 13.8 Å². The molecule has 0 radical (unpaired) electrons. The largest absolute Gasteiger partial charge is 0.472 e. The lowest BCUT2D eigenvalue weighted by Crippen LogP contribution is -2.07. The first-order chi connectivity index (χ1) is 19.2. The van der Waals surface area contributed by atoms with E-state index in [1.807, 2.05) is 67.0 Å². The molecule has 0 aliphatic carbocycles. The summed E-state index contributed by atoms with van der Waals surface area (Å²) in [4.78, 5) is 18.2. The van der Waals surface area contributed by atoms with Gasteiger partial charge in [0.25, 0.3) is 0 Å². The first-order valence-electron chi connectivity index (χ1n) is 11.6. The van der Waals surface area contributed by atoms with E-state index in [2.05, 4.69) is 46.8 Å². The van der Waals surface area contributed by atoms with E-state index in [1.54, 1.807) is 37.4 Å². The van der Waals surface area contributed by atoms with Gasteiger partial charge in [-0.05, 0) is 68.3 Å². The Morgan fingerprint density at radius 1 is 0.805 bits per heavy atom. The molecule has 0 atom stereocenters. The smallest absolute Gasteiger partial charge is 0.179 e. The molecule has 0 aliphatic heterocycles. The molecule has 0 saturated heterocycles. The number of fused-ring (bicyclic) bond motifs is 2. The zero-order chi connectivity index (χ0) is 26.6. The third-order valence-corrected chi connectivity index (χ3v) is 7.19. The van der Waals surface area contributed by atoms with Gasteiger partial charge in [-0.15, -0.1) is 4.73 Å². The van der Waals surface area contributed by atoms with Crippen molar-refractivity contribution in [1.29, 1.82) is 0 Å². The maximum absolute atomic E-state index is 5.41. The molecule has 0 fully saturated rings. The summed E-state index contributed by atoms with van der Waals surface area (Å²) in [5.41, 5.74) is 5.59. The molecule has 7 aromatic rings. The first-order valence-corrected chi connectivity index (χ1v) is 13.9. The second-order valence-corrected chi connectivity index (χ2v) is 10.8. The highest BCUT2D eigenvalue weighted by molar-refractivity contribution is 9.10. The molecule has 1 aromatic carbocycles. The molecule has 11 heteroatoms. The Balaban J connectivity index is 0.000000197. The zero-order valence-electron chi connectivity index (χ0n) is 20.0. The first kappa shape index (κ1) is 30.2. The van der Waals surface area contributed by atoms with Gasteiger partial charge in [0.2, 0.25) is 0 Å². The summed E-state index contributed by atoms with van der Waals surface area (Å²) in [6.45, 7) is 0. The fourth-order valence-electron chi connectivity index (χ4n) is 3.96. The highest BCUT2D eigenvalue weighted by Gasteiger charge is 2.15. The van der Waals surface area contributed by atoms with Crippen molar-refractivity contribution in [1.82, 2.24) is 19.7 Å². The lowest BCUT2D eigenvalue weighted by atomic mass is 10.1. The van der Waals surface area contributed by atoms with E-state index >= 15 is 0 Å². The second-order valence-electron chi connectivity index (χ2n) is 8.21. The number of hydrogen-bond acceptors (Lipinski definition) is 7. The molecule has 6 heterocycles. The number of nitrogens with one attached hydrogen (secondary N) is 1. The molecular formula is C30H26Br2N4O4S. The molecule has 0 aliphatic rings. The van der Waals surface area contributed by atoms with E-state index in [0.717, 1.165) is 64.6 Å². The number of nitrogens with zero attached hydrogens (tertiary/aromatic N) is 3. The van der Waals surface area contributed by atoms with Crippen LogP contribution in [0.5, 0.6) is 0 Å². The van der Waals surface area contributed by atoms with E-state index in [1.165, 1.54) is 4.73 Å². The Bertz CT molecular complexity index is 1820. The third-order valence-electron chi connectivity index (χ3n) is 5.72. The number of furan rings is 2. The van der Waals surface area contributed by atoms with Crippen LogP contribution in [0.4, 0.5) is 0 Å². The van der Waals surface area contributed by atoms with Gasteiger partial charge in [0.1, 0.15) is 5.65 Å². The van der Waals surface area contributed by atoms with Crippen LogP contribution >= 0.6 is 43.9 Å². The van der Waals surface area contributed by atoms with Gasteiger partial charge in [0.05, 0.1) is 43.3 Å². The molecule has 0 bridgehead atoms. The van der Waals surface area contributed by atoms with Crippen LogP contribution in [0.1, 0.15) is 14.9 Å². The van der Waals surface area contributed by atoms with Crippen LogP contribution in [-0.4, -0.2) is 19.7 Å². The van der Waals surface area contributed by atoms with Gasteiger partial charge in [0, 0.05) is 65.5 Å². The van der Waals surface area contributed by atoms with Crippen LogP contribution in [0.25, 0.3) is 44.3 Å². The van der Waals surface area contributed by atoms with Gasteiger partial charge in [-0.25, -0.2) is 15.0 Å². The Labute approximate surface area is 258 Å². The van der Waals surface area contributed by atoms with Crippen molar-refractivity contribution in [3.63, 3.8) is 0 Å². The molecule has 0 spiro atoms. The number of H-pyrrole nitrogens is 1. The number of pyridine rings is 2. The maximum atomic E-state index is 5.41. The Morgan fingerprint density at radius 3 is 2.15 bits per heavy atom. The van der Waals surface area contributed by atoms with Crippen molar-refractivity contribution in [2.24, 2.45) is 0 Å². The number of benzene rings is 1. The Hall–Kier alpha value is -3.77. The summed E-state index contributed by atoms with van der Waals surface area (Å²) in [5, 5.41) is 2.02. The second kappa shape index (κ2) is 13.7. The molecule has 1 N–H and O–H groups in total. The average Bonchev–Trinajstić information content (AvgIpc) is 3.76. The van der Waals surface area contributed by atoms with Crippen molar-refractivity contribution in [2.45, 2.75) is 19.7 Å². The highest BCUT2D eigenvalue weighted by Crippen LogP contribution is 2.32. The summed E-state index contributed by atoms with van der Waals surface area (Å²) < 4.78 is 18.9. The summed E-state index contributed by atoms with van der Waals surface area (Å²) in [6.07, 6.45) is 14.0. The molecule has 6 aromatic heterocycles. The van der Waals surface area contributed by atoms with Crippen LogP contribution in [-0.2, 0) is 4.33 Å². The van der Waals surface area contributed by atoms with Crippen molar-refractivity contribution in [3.8, 4) is 22.3 Å². The van der Waals surface area contributed by atoms with Crippen LogP contribution < -0.4 is 4.99 Å². The zero-order valence-corrected chi connectivity index (χ0v) is 23.9. The fraction of sp³-hybridized carbons (Fsp3) is 0.0667. The minimum absolute atomic E-state index is 0. The average molecular weight is 698 g/mol. The summed E-state index contributed by atoms with van der Waals surface area (Å²) in [5.74, 6) is 0. The molecule has 0 saturated carbocycles. The molecular weight excluding hydrogens is 672 g/mol. The SMILES string of the molecule is Brc1cnc2[nH]cc(-c3ccoc3)c2c1.Brc1cnc2c(c1)c(-c1ccoc1)cn2OOSc1ccccc1.C.C. The standard InChI is InChI=1S/C17H11BrN2O3S.C11H7BrN2O.2CH4/c18-13-8-15-16(12-6-7-21-11-12)10-20(17(15)19-9-13)22-23-24-14-4-2-1-3-5-14;12-8-3-9-10(7-1-2-15-6-7)5-14-11(9)13-4-8;;/h1-11H;1-6H,(H,13,14);2*1H4. The topological polar surface area (TPSA) is 91.2 Å².